The summed E-state index contributed by atoms with van der Waals surface area (Å²) in [6.07, 6.45) is 4.89. The maximum absolute atomic E-state index is 4.13. The Labute approximate surface area is 73.8 Å². The molecule has 68 valence electrons. The molecule has 0 spiro atoms. The first kappa shape index (κ1) is 9.26. The van der Waals surface area contributed by atoms with Gasteiger partial charge in [-0.1, -0.05) is 0 Å². The van der Waals surface area contributed by atoms with E-state index in [0.29, 0.717) is 6.04 Å². The Hall–Kier alpha value is -0.830. The quantitative estimate of drug-likeness (QED) is 0.731. The zero-order valence-electron chi connectivity index (χ0n) is 8.04. The normalized spacial score (nSPS) is 11.0. The molecular formula is C9H17N3. The van der Waals surface area contributed by atoms with E-state index in [1.165, 1.54) is 5.69 Å². The number of imidazole rings is 1. The highest BCUT2D eigenvalue weighted by Crippen LogP contribution is 2.08. The molecule has 0 radical (unpaired) electrons. The van der Waals surface area contributed by atoms with Crippen molar-refractivity contribution in [2.45, 2.75) is 26.3 Å². The van der Waals surface area contributed by atoms with Gasteiger partial charge < -0.3 is 9.88 Å². The average Bonchev–Trinajstić information content (AvgIpc) is 2.48. The van der Waals surface area contributed by atoms with Gasteiger partial charge in [0.25, 0.3) is 0 Å². The summed E-state index contributed by atoms with van der Waals surface area (Å²) in [4.78, 5) is 4.13. The summed E-state index contributed by atoms with van der Waals surface area (Å²) >= 11 is 0. The van der Waals surface area contributed by atoms with E-state index in [1.807, 2.05) is 19.6 Å². The van der Waals surface area contributed by atoms with E-state index in [0.717, 1.165) is 13.0 Å². The Morgan fingerprint density at radius 3 is 2.92 bits per heavy atom. The van der Waals surface area contributed by atoms with E-state index in [-0.39, 0.29) is 0 Å². The largest absolute Gasteiger partial charge is 0.332 e. The van der Waals surface area contributed by atoms with Crippen LogP contribution < -0.4 is 5.32 Å². The van der Waals surface area contributed by atoms with Crippen molar-refractivity contribution in [3.63, 3.8) is 0 Å². The maximum Gasteiger partial charge on any atom is 0.0950 e. The number of hydrogen-bond donors (Lipinski definition) is 1. The number of likely N-dealkylation sites (N-methyl/N-ethyl adjacent to an activating group) is 1. The second kappa shape index (κ2) is 4.26. The molecule has 0 aliphatic heterocycles. The first-order valence-corrected chi connectivity index (χ1v) is 4.41. The van der Waals surface area contributed by atoms with E-state index in [4.69, 9.17) is 0 Å². The first-order chi connectivity index (χ1) is 5.75. The molecule has 1 heterocycles. The van der Waals surface area contributed by atoms with Crippen molar-refractivity contribution < 1.29 is 0 Å². The lowest BCUT2D eigenvalue weighted by Crippen LogP contribution is -2.13. The maximum atomic E-state index is 4.13. The van der Waals surface area contributed by atoms with Gasteiger partial charge in [0.15, 0.2) is 0 Å². The van der Waals surface area contributed by atoms with Crippen molar-refractivity contribution >= 4 is 0 Å². The average molecular weight is 167 g/mol. The number of hydrogen-bond acceptors (Lipinski definition) is 2. The molecule has 0 aromatic carbocycles. The first-order valence-electron chi connectivity index (χ1n) is 4.41. The third-order valence-corrected chi connectivity index (χ3v) is 1.93. The molecular weight excluding hydrogens is 150 g/mol. The molecule has 1 rings (SSSR count). The van der Waals surface area contributed by atoms with Gasteiger partial charge in [0.2, 0.25) is 0 Å². The molecule has 12 heavy (non-hydrogen) atoms. The fourth-order valence-electron chi connectivity index (χ4n) is 1.24. The molecule has 0 aliphatic rings. The number of nitrogens with one attached hydrogen (secondary N) is 1. The van der Waals surface area contributed by atoms with Gasteiger partial charge in [-0.3, -0.25) is 0 Å². The minimum absolute atomic E-state index is 0.513. The second-order valence-electron chi connectivity index (χ2n) is 3.24. The molecule has 0 amide bonds. The zero-order chi connectivity index (χ0) is 8.97. The number of aromatic nitrogens is 2. The fourth-order valence-corrected chi connectivity index (χ4v) is 1.24. The van der Waals surface area contributed by atoms with Gasteiger partial charge in [0.05, 0.1) is 6.33 Å². The van der Waals surface area contributed by atoms with Gasteiger partial charge in [-0.25, -0.2) is 4.98 Å². The smallest absolute Gasteiger partial charge is 0.0950 e. The van der Waals surface area contributed by atoms with Crippen LogP contribution in [0.3, 0.4) is 0 Å². The molecule has 0 unspecified atom stereocenters. The SMILES string of the molecule is CNCCc1cncn1C(C)C. The monoisotopic (exact) mass is 167 g/mol. The fraction of sp³-hybridized carbons (Fsp3) is 0.667. The molecule has 1 N–H and O–H groups in total. The third-order valence-electron chi connectivity index (χ3n) is 1.93. The van der Waals surface area contributed by atoms with E-state index in [9.17, 15) is 0 Å². The summed E-state index contributed by atoms with van der Waals surface area (Å²) in [5.74, 6) is 0. The second-order valence-corrected chi connectivity index (χ2v) is 3.24. The molecule has 0 atom stereocenters. The van der Waals surface area contributed by atoms with Crippen LogP contribution in [0, 0.1) is 0 Å². The Morgan fingerprint density at radius 1 is 1.58 bits per heavy atom. The van der Waals surface area contributed by atoms with Crippen molar-refractivity contribution in [3.05, 3.63) is 18.2 Å². The zero-order valence-corrected chi connectivity index (χ0v) is 8.04. The Kier molecular flexibility index (Phi) is 3.29. The molecule has 0 aliphatic carbocycles. The van der Waals surface area contributed by atoms with Crippen LogP contribution in [0.5, 0.6) is 0 Å². The highest BCUT2D eigenvalue weighted by Gasteiger charge is 2.03. The number of nitrogens with zero attached hydrogens (tertiary/aromatic N) is 2. The topological polar surface area (TPSA) is 29.9 Å². The van der Waals surface area contributed by atoms with Gasteiger partial charge in [0, 0.05) is 30.9 Å². The van der Waals surface area contributed by atoms with Crippen LogP contribution in [0.25, 0.3) is 0 Å². The van der Waals surface area contributed by atoms with Crippen molar-refractivity contribution in [3.8, 4) is 0 Å². The van der Waals surface area contributed by atoms with E-state index < -0.39 is 0 Å². The lowest BCUT2D eigenvalue weighted by atomic mass is 10.3. The van der Waals surface area contributed by atoms with Crippen LogP contribution in [0.15, 0.2) is 12.5 Å². The highest BCUT2D eigenvalue weighted by molar-refractivity contribution is 5.00. The lowest BCUT2D eigenvalue weighted by Gasteiger charge is -2.10. The van der Waals surface area contributed by atoms with Crippen LogP contribution in [0.2, 0.25) is 0 Å². The summed E-state index contributed by atoms with van der Waals surface area (Å²) in [6, 6.07) is 0.513. The van der Waals surface area contributed by atoms with Crippen molar-refractivity contribution in [1.29, 1.82) is 0 Å². The molecule has 3 nitrogen and oxygen atoms in total. The van der Waals surface area contributed by atoms with E-state index >= 15 is 0 Å². The van der Waals surface area contributed by atoms with Crippen molar-refractivity contribution in [2.24, 2.45) is 0 Å². The minimum Gasteiger partial charge on any atom is -0.332 e. The summed E-state index contributed by atoms with van der Waals surface area (Å²) < 4.78 is 2.21. The Bertz CT molecular complexity index is 227. The predicted molar refractivity (Wildman–Crippen MR) is 50.2 cm³/mol. The molecule has 0 fully saturated rings. The van der Waals surface area contributed by atoms with Crippen LogP contribution in [0.4, 0.5) is 0 Å². The van der Waals surface area contributed by atoms with Gasteiger partial charge >= 0.3 is 0 Å². The summed E-state index contributed by atoms with van der Waals surface area (Å²) in [6.45, 7) is 5.35. The summed E-state index contributed by atoms with van der Waals surface area (Å²) in [5, 5.41) is 3.13. The lowest BCUT2D eigenvalue weighted by molar-refractivity contribution is 0.568. The summed E-state index contributed by atoms with van der Waals surface area (Å²) in [7, 11) is 1.97. The van der Waals surface area contributed by atoms with Crippen LogP contribution in [-0.4, -0.2) is 23.1 Å². The third kappa shape index (κ3) is 2.08. The molecule has 0 bridgehead atoms. The minimum atomic E-state index is 0.513. The van der Waals surface area contributed by atoms with Gasteiger partial charge in [-0.15, -0.1) is 0 Å². The predicted octanol–water partition coefficient (Wildman–Crippen LogP) is 1.23. The summed E-state index contributed by atoms with van der Waals surface area (Å²) in [5.41, 5.74) is 1.30. The number of rotatable bonds is 4. The van der Waals surface area contributed by atoms with Crippen molar-refractivity contribution in [1.82, 2.24) is 14.9 Å². The molecule has 1 aromatic heterocycles. The molecule has 0 saturated heterocycles. The van der Waals surface area contributed by atoms with E-state index in [1.54, 1.807) is 0 Å². The Balaban J connectivity index is 2.64. The van der Waals surface area contributed by atoms with E-state index in [2.05, 4.69) is 28.7 Å². The van der Waals surface area contributed by atoms with Crippen LogP contribution >= 0.6 is 0 Å². The van der Waals surface area contributed by atoms with Crippen LogP contribution in [0.1, 0.15) is 25.6 Å². The molecule has 0 saturated carbocycles. The van der Waals surface area contributed by atoms with Crippen LogP contribution in [-0.2, 0) is 6.42 Å². The molecule has 3 heteroatoms. The van der Waals surface area contributed by atoms with Gasteiger partial charge in [-0.2, -0.15) is 0 Å². The van der Waals surface area contributed by atoms with Gasteiger partial charge in [0.1, 0.15) is 0 Å². The van der Waals surface area contributed by atoms with Gasteiger partial charge in [-0.05, 0) is 20.9 Å². The molecule has 1 aromatic rings. The standard InChI is InChI=1S/C9H17N3/c1-8(2)12-7-11-6-9(12)4-5-10-3/h6-8,10H,4-5H2,1-3H3. The van der Waals surface area contributed by atoms with Crippen molar-refractivity contribution in [2.75, 3.05) is 13.6 Å². The highest BCUT2D eigenvalue weighted by atomic mass is 15.1. The Morgan fingerprint density at radius 2 is 2.33 bits per heavy atom.